The second-order valence-corrected chi connectivity index (χ2v) is 7.68. The molecular weight excluding hydrogens is 307 g/mol. The number of rotatable bonds is 5. The Kier molecular flexibility index (Phi) is 5.41. The van der Waals surface area contributed by atoms with E-state index in [4.69, 9.17) is 4.74 Å². The molecule has 0 radical (unpaired) electrons. The second-order valence-electron chi connectivity index (χ2n) is 5.69. The average Bonchev–Trinajstić information content (AvgIpc) is 2.47. The molecule has 1 aliphatic rings. The molecule has 0 aromatic heterocycles. The Bertz CT molecular complexity index is 621. The fourth-order valence-corrected chi connectivity index (χ4v) is 4.33. The van der Waals surface area contributed by atoms with Crippen molar-refractivity contribution < 1.29 is 17.5 Å². The number of methoxy groups -OCH3 is 1. The molecule has 0 aliphatic carbocycles. The van der Waals surface area contributed by atoms with Gasteiger partial charge in [-0.15, -0.1) is 0 Å². The van der Waals surface area contributed by atoms with E-state index in [2.05, 4.69) is 0 Å². The van der Waals surface area contributed by atoms with Crippen LogP contribution in [0.1, 0.15) is 31.7 Å². The van der Waals surface area contributed by atoms with E-state index in [0.717, 1.165) is 19.3 Å². The number of hydrogen-bond acceptors (Lipinski definition) is 3. The number of ether oxygens (including phenoxy) is 1. The van der Waals surface area contributed by atoms with E-state index in [-0.39, 0.29) is 18.3 Å². The van der Waals surface area contributed by atoms with Crippen molar-refractivity contribution in [1.82, 2.24) is 8.61 Å². The molecule has 0 amide bonds. The summed E-state index contributed by atoms with van der Waals surface area (Å²) in [5.74, 6) is -0.337. The van der Waals surface area contributed by atoms with Gasteiger partial charge in [0, 0.05) is 26.2 Å². The third-order valence-corrected chi connectivity index (χ3v) is 6.11. The van der Waals surface area contributed by atoms with Gasteiger partial charge >= 0.3 is 0 Å². The molecule has 1 aliphatic heterocycles. The Labute approximate surface area is 131 Å². The van der Waals surface area contributed by atoms with Crippen LogP contribution in [0.4, 0.5) is 4.39 Å². The maximum Gasteiger partial charge on any atom is 0.282 e. The van der Waals surface area contributed by atoms with E-state index < -0.39 is 16.0 Å². The number of nitrogens with zero attached hydrogens (tertiary/aromatic N) is 2. The van der Waals surface area contributed by atoms with Crippen LogP contribution < -0.4 is 4.74 Å². The normalized spacial score (nSPS) is 20.3. The van der Waals surface area contributed by atoms with Crippen molar-refractivity contribution in [1.29, 1.82) is 0 Å². The van der Waals surface area contributed by atoms with Gasteiger partial charge in [-0.05, 0) is 37.5 Å². The first-order valence-corrected chi connectivity index (χ1v) is 8.81. The van der Waals surface area contributed by atoms with Crippen LogP contribution in [0.3, 0.4) is 0 Å². The summed E-state index contributed by atoms with van der Waals surface area (Å²) in [6.07, 6.45) is 2.82. The Morgan fingerprint density at radius 1 is 1.41 bits per heavy atom. The lowest BCUT2D eigenvalue weighted by Gasteiger charge is -2.35. The van der Waals surface area contributed by atoms with Crippen molar-refractivity contribution >= 4 is 10.2 Å². The number of benzene rings is 1. The van der Waals surface area contributed by atoms with Crippen LogP contribution in [-0.4, -0.2) is 43.8 Å². The largest absolute Gasteiger partial charge is 0.494 e. The highest BCUT2D eigenvalue weighted by atomic mass is 32.2. The standard InChI is InChI=1S/C15H23FN2O3S/c1-12-6-4-5-9-18(12)22(19,20)17(2)11-13-7-8-15(21-3)14(16)10-13/h7-8,10,12H,4-6,9,11H2,1-3H3/t12-/m0/s1. The molecule has 124 valence electrons. The molecule has 1 aromatic rings. The fourth-order valence-electron chi connectivity index (χ4n) is 2.74. The molecule has 0 saturated carbocycles. The third kappa shape index (κ3) is 3.59. The van der Waals surface area contributed by atoms with Gasteiger partial charge in [0.2, 0.25) is 0 Å². The summed E-state index contributed by atoms with van der Waals surface area (Å²) >= 11 is 0. The van der Waals surface area contributed by atoms with Gasteiger partial charge in [-0.3, -0.25) is 0 Å². The molecule has 1 fully saturated rings. The van der Waals surface area contributed by atoms with E-state index in [9.17, 15) is 12.8 Å². The smallest absolute Gasteiger partial charge is 0.282 e. The molecule has 1 aromatic carbocycles. The second kappa shape index (κ2) is 6.93. The molecule has 0 bridgehead atoms. The van der Waals surface area contributed by atoms with Crippen LogP contribution in [0.2, 0.25) is 0 Å². The van der Waals surface area contributed by atoms with Crippen LogP contribution in [0.5, 0.6) is 5.75 Å². The summed E-state index contributed by atoms with van der Waals surface area (Å²) in [5, 5.41) is 0. The monoisotopic (exact) mass is 330 g/mol. The lowest BCUT2D eigenvalue weighted by molar-refractivity contribution is 0.249. The van der Waals surface area contributed by atoms with Gasteiger partial charge in [-0.2, -0.15) is 17.0 Å². The quantitative estimate of drug-likeness (QED) is 0.833. The molecule has 2 rings (SSSR count). The maximum atomic E-state index is 13.7. The summed E-state index contributed by atoms with van der Waals surface area (Å²) in [5.41, 5.74) is 0.592. The van der Waals surface area contributed by atoms with Crippen molar-refractivity contribution in [2.45, 2.75) is 38.8 Å². The topological polar surface area (TPSA) is 49.9 Å². The first kappa shape index (κ1) is 17.2. The molecule has 1 heterocycles. The minimum absolute atomic E-state index is 0.00815. The van der Waals surface area contributed by atoms with Crippen molar-refractivity contribution in [3.63, 3.8) is 0 Å². The molecule has 1 saturated heterocycles. The Balaban J connectivity index is 2.13. The highest BCUT2D eigenvalue weighted by Gasteiger charge is 2.32. The maximum absolute atomic E-state index is 13.7. The summed E-state index contributed by atoms with van der Waals surface area (Å²) in [6.45, 7) is 2.61. The minimum Gasteiger partial charge on any atom is -0.494 e. The van der Waals surface area contributed by atoms with Gasteiger partial charge in [0.25, 0.3) is 10.2 Å². The van der Waals surface area contributed by atoms with Crippen molar-refractivity contribution in [2.75, 3.05) is 20.7 Å². The van der Waals surface area contributed by atoms with Gasteiger partial charge < -0.3 is 4.74 Å². The zero-order chi connectivity index (χ0) is 16.3. The van der Waals surface area contributed by atoms with E-state index >= 15 is 0 Å². The zero-order valence-corrected chi connectivity index (χ0v) is 14.1. The minimum atomic E-state index is -3.52. The highest BCUT2D eigenvalue weighted by molar-refractivity contribution is 7.86. The number of hydrogen-bond donors (Lipinski definition) is 0. The molecule has 5 nitrogen and oxygen atoms in total. The first-order chi connectivity index (χ1) is 10.4. The van der Waals surface area contributed by atoms with Gasteiger partial charge in [-0.1, -0.05) is 12.5 Å². The summed E-state index contributed by atoms with van der Waals surface area (Å²) in [4.78, 5) is 0. The molecule has 0 N–H and O–H groups in total. The van der Waals surface area contributed by atoms with Gasteiger partial charge in [0.05, 0.1) is 7.11 Å². The van der Waals surface area contributed by atoms with E-state index in [0.29, 0.717) is 12.1 Å². The summed E-state index contributed by atoms with van der Waals surface area (Å²) in [7, 11) is -0.603. The van der Waals surface area contributed by atoms with E-state index in [1.54, 1.807) is 6.07 Å². The molecular formula is C15H23FN2O3S. The van der Waals surface area contributed by atoms with Gasteiger partial charge in [0.1, 0.15) is 0 Å². The first-order valence-electron chi connectivity index (χ1n) is 7.41. The molecule has 7 heteroatoms. The van der Waals surface area contributed by atoms with Gasteiger partial charge in [0.15, 0.2) is 11.6 Å². The third-order valence-electron chi connectivity index (χ3n) is 4.05. The lowest BCUT2D eigenvalue weighted by Crippen LogP contribution is -2.48. The van der Waals surface area contributed by atoms with Crippen molar-refractivity contribution in [3.05, 3.63) is 29.6 Å². The van der Waals surface area contributed by atoms with Crippen LogP contribution in [0.25, 0.3) is 0 Å². The zero-order valence-electron chi connectivity index (χ0n) is 13.3. The van der Waals surface area contributed by atoms with Gasteiger partial charge in [-0.25, -0.2) is 4.39 Å². The number of piperidine rings is 1. The average molecular weight is 330 g/mol. The van der Waals surface area contributed by atoms with Crippen LogP contribution in [0.15, 0.2) is 18.2 Å². The Hall–Kier alpha value is -1.18. The summed E-state index contributed by atoms with van der Waals surface area (Å²) < 4.78 is 46.7. The molecule has 1 atom stereocenters. The predicted molar refractivity (Wildman–Crippen MR) is 83.4 cm³/mol. The number of halogens is 1. The van der Waals surface area contributed by atoms with E-state index in [1.165, 1.54) is 34.9 Å². The molecule has 22 heavy (non-hydrogen) atoms. The SMILES string of the molecule is COc1ccc(CN(C)S(=O)(=O)N2CCCC[C@@H]2C)cc1F. The van der Waals surface area contributed by atoms with Crippen molar-refractivity contribution in [2.24, 2.45) is 0 Å². The fraction of sp³-hybridized carbons (Fsp3) is 0.600. The summed E-state index contributed by atoms with van der Waals surface area (Å²) in [6, 6.07) is 4.50. The Morgan fingerprint density at radius 3 is 2.73 bits per heavy atom. The molecule has 0 spiro atoms. The molecule has 0 unspecified atom stereocenters. The van der Waals surface area contributed by atoms with Crippen LogP contribution in [0, 0.1) is 5.82 Å². The van der Waals surface area contributed by atoms with Crippen LogP contribution in [-0.2, 0) is 16.8 Å². The predicted octanol–water partition coefficient (Wildman–Crippen LogP) is 2.39. The highest BCUT2D eigenvalue weighted by Crippen LogP contribution is 2.24. The van der Waals surface area contributed by atoms with E-state index in [1.807, 2.05) is 6.92 Å². The lowest BCUT2D eigenvalue weighted by atomic mass is 10.1. The Morgan fingerprint density at radius 2 is 2.14 bits per heavy atom. The van der Waals surface area contributed by atoms with Crippen LogP contribution >= 0.6 is 0 Å². The van der Waals surface area contributed by atoms with Crippen molar-refractivity contribution in [3.8, 4) is 5.75 Å².